The second-order valence-corrected chi connectivity index (χ2v) is 8.63. The van der Waals surface area contributed by atoms with Gasteiger partial charge in [0, 0.05) is 22.8 Å². The van der Waals surface area contributed by atoms with Gasteiger partial charge >= 0.3 is 0 Å². The SMILES string of the molecule is Cc1cc(C)n2nc(C(=O)NC[C@@H](c3cccs3)N3CCC(C)CC3)nc2n1. The van der Waals surface area contributed by atoms with Gasteiger partial charge in [-0.25, -0.2) is 9.50 Å². The number of hydrogen-bond acceptors (Lipinski definition) is 6. The summed E-state index contributed by atoms with van der Waals surface area (Å²) in [6.07, 6.45) is 2.40. The number of piperidine rings is 1. The molecule has 148 valence electrons. The van der Waals surface area contributed by atoms with E-state index in [9.17, 15) is 4.79 Å². The van der Waals surface area contributed by atoms with Gasteiger partial charge in [-0.1, -0.05) is 13.0 Å². The number of rotatable bonds is 5. The number of hydrogen-bond donors (Lipinski definition) is 1. The molecule has 0 aliphatic carbocycles. The summed E-state index contributed by atoms with van der Waals surface area (Å²) >= 11 is 1.74. The average Bonchev–Trinajstić information content (AvgIpc) is 3.33. The van der Waals surface area contributed by atoms with Crippen molar-refractivity contribution in [3.8, 4) is 0 Å². The third-order valence-corrected chi connectivity index (χ3v) is 6.38. The summed E-state index contributed by atoms with van der Waals surface area (Å²) in [5.41, 5.74) is 1.77. The van der Waals surface area contributed by atoms with E-state index in [0.717, 1.165) is 30.4 Å². The van der Waals surface area contributed by atoms with Crippen LogP contribution in [0.5, 0.6) is 0 Å². The van der Waals surface area contributed by atoms with Crippen molar-refractivity contribution >= 4 is 23.0 Å². The van der Waals surface area contributed by atoms with Gasteiger partial charge in [-0.05, 0) is 63.2 Å². The Bertz CT molecular complexity index is 959. The topological polar surface area (TPSA) is 75.4 Å². The molecule has 1 saturated heterocycles. The van der Waals surface area contributed by atoms with E-state index < -0.39 is 0 Å². The molecule has 0 saturated carbocycles. The number of carbonyl (C=O) groups is 1. The van der Waals surface area contributed by atoms with E-state index in [1.807, 2.05) is 19.9 Å². The van der Waals surface area contributed by atoms with Gasteiger partial charge in [0.1, 0.15) is 0 Å². The van der Waals surface area contributed by atoms with Crippen LogP contribution in [0.1, 0.15) is 52.7 Å². The highest BCUT2D eigenvalue weighted by atomic mass is 32.1. The minimum absolute atomic E-state index is 0.165. The highest BCUT2D eigenvalue weighted by Crippen LogP contribution is 2.29. The zero-order valence-electron chi connectivity index (χ0n) is 16.6. The monoisotopic (exact) mass is 398 g/mol. The molecular formula is C20H26N6OS. The summed E-state index contributed by atoms with van der Waals surface area (Å²) in [7, 11) is 0. The summed E-state index contributed by atoms with van der Waals surface area (Å²) in [6.45, 7) is 8.83. The molecule has 0 radical (unpaired) electrons. The van der Waals surface area contributed by atoms with Gasteiger partial charge in [0.05, 0.1) is 6.04 Å². The third-order valence-electron chi connectivity index (χ3n) is 5.41. The molecule has 3 aromatic heterocycles. The van der Waals surface area contributed by atoms with Gasteiger partial charge in [-0.15, -0.1) is 16.4 Å². The fourth-order valence-electron chi connectivity index (χ4n) is 3.76. The van der Waals surface area contributed by atoms with Crippen LogP contribution >= 0.6 is 11.3 Å². The molecule has 0 spiro atoms. The van der Waals surface area contributed by atoms with E-state index in [2.05, 4.69) is 49.7 Å². The van der Waals surface area contributed by atoms with Gasteiger partial charge in [0.15, 0.2) is 0 Å². The predicted molar refractivity (Wildman–Crippen MR) is 110 cm³/mol. The first-order chi connectivity index (χ1) is 13.5. The maximum absolute atomic E-state index is 12.7. The van der Waals surface area contributed by atoms with Crippen LogP contribution in [0, 0.1) is 19.8 Å². The fraction of sp³-hybridized carbons (Fsp3) is 0.500. The second-order valence-electron chi connectivity index (χ2n) is 7.65. The number of nitrogens with one attached hydrogen (secondary N) is 1. The van der Waals surface area contributed by atoms with Gasteiger partial charge < -0.3 is 5.32 Å². The van der Waals surface area contributed by atoms with Crippen LogP contribution in [0.25, 0.3) is 5.78 Å². The van der Waals surface area contributed by atoms with E-state index in [4.69, 9.17) is 0 Å². The Morgan fingerprint density at radius 3 is 2.82 bits per heavy atom. The van der Waals surface area contributed by atoms with Crippen LogP contribution in [-0.2, 0) is 0 Å². The molecule has 1 fully saturated rings. The number of carbonyl (C=O) groups excluding carboxylic acids is 1. The van der Waals surface area contributed by atoms with Crippen LogP contribution < -0.4 is 5.32 Å². The number of aryl methyl sites for hydroxylation is 2. The summed E-state index contributed by atoms with van der Waals surface area (Å²) < 4.78 is 1.62. The first-order valence-electron chi connectivity index (χ1n) is 9.78. The molecule has 1 amide bonds. The standard InChI is InChI=1S/C20H26N6OS/c1-13-6-8-25(9-7-13)16(17-5-4-10-28-17)12-21-19(27)18-23-20-22-14(2)11-15(3)26(20)24-18/h4-5,10-11,13,16H,6-9,12H2,1-3H3,(H,21,27)/t16-/m0/s1. The molecule has 28 heavy (non-hydrogen) atoms. The Labute approximate surface area is 168 Å². The Morgan fingerprint density at radius 1 is 1.32 bits per heavy atom. The minimum Gasteiger partial charge on any atom is -0.347 e. The highest BCUT2D eigenvalue weighted by molar-refractivity contribution is 7.10. The van der Waals surface area contributed by atoms with Crippen molar-refractivity contribution in [3.63, 3.8) is 0 Å². The van der Waals surface area contributed by atoms with Gasteiger partial charge in [0.25, 0.3) is 11.7 Å². The largest absolute Gasteiger partial charge is 0.347 e. The molecule has 0 unspecified atom stereocenters. The van der Waals surface area contributed by atoms with E-state index >= 15 is 0 Å². The number of nitrogens with zero attached hydrogens (tertiary/aromatic N) is 5. The molecule has 8 heteroatoms. The van der Waals surface area contributed by atoms with Crippen molar-refractivity contribution in [2.24, 2.45) is 5.92 Å². The maximum atomic E-state index is 12.7. The number of likely N-dealkylation sites (tertiary alicyclic amines) is 1. The van der Waals surface area contributed by atoms with E-state index in [1.165, 1.54) is 17.7 Å². The summed E-state index contributed by atoms with van der Waals surface area (Å²) in [6, 6.07) is 6.34. The fourth-order valence-corrected chi connectivity index (χ4v) is 4.62. The van der Waals surface area contributed by atoms with Crippen molar-refractivity contribution in [3.05, 3.63) is 45.7 Å². The Kier molecular flexibility index (Phi) is 5.41. The Morgan fingerprint density at radius 2 is 2.11 bits per heavy atom. The van der Waals surface area contributed by atoms with Crippen molar-refractivity contribution in [1.82, 2.24) is 29.8 Å². The second kappa shape index (κ2) is 7.97. The van der Waals surface area contributed by atoms with Crippen molar-refractivity contribution in [1.29, 1.82) is 0 Å². The lowest BCUT2D eigenvalue weighted by atomic mass is 9.97. The third kappa shape index (κ3) is 3.93. The molecule has 7 nitrogen and oxygen atoms in total. The quantitative estimate of drug-likeness (QED) is 0.715. The number of amides is 1. The first-order valence-corrected chi connectivity index (χ1v) is 10.7. The molecular weight excluding hydrogens is 372 g/mol. The van der Waals surface area contributed by atoms with Crippen molar-refractivity contribution in [2.45, 2.75) is 39.7 Å². The van der Waals surface area contributed by atoms with Crippen LogP contribution in [0.3, 0.4) is 0 Å². The molecule has 4 heterocycles. The smallest absolute Gasteiger partial charge is 0.291 e. The Balaban J connectivity index is 1.49. The lowest BCUT2D eigenvalue weighted by molar-refractivity contribution is 0.0905. The summed E-state index contributed by atoms with van der Waals surface area (Å²) in [4.78, 5) is 25.2. The lowest BCUT2D eigenvalue weighted by Gasteiger charge is -2.36. The van der Waals surface area contributed by atoms with E-state index in [0.29, 0.717) is 12.3 Å². The predicted octanol–water partition coefficient (Wildman–Crippen LogP) is 3.01. The first kappa shape index (κ1) is 19.0. The Hall–Kier alpha value is -2.32. The molecule has 1 N–H and O–H groups in total. The van der Waals surface area contributed by atoms with E-state index in [-0.39, 0.29) is 17.8 Å². The van der Waals surface area contributed by atoms with Gasteiger partial charge in [-0.3, -0.25) is 9.69 Å². The van der Waals surface area contributed by atoms with Crippen molar-refractivity contribution < 1.29 is 4.79 Å². The van der Waals surface area contributed by atoms with Crippen LogP contribution in [0.2, 0.25) is 0 Å². The molecule has 0 bridgehead atoms. The van der Waals surface area contributed by atoms with Crippen LogP contribution in [-0.4, -0.2) is 50.0 Å². The molecule has 1 atom stereocenters. The summed E-state index contributed by atoms with van der Waals surface area (Å²) in [5.74, 6) is 1.14. The molecule has 1 aliphatic rings. The number of thiophene rings is 1. The molecule has 0 aromatic carbocycles. The van der Waals surface area contributed by atoms with Gasteiger partial charge in [-0.2, -0.15) is 4.98 Å². The highest BCUT2D eigenvalue weighted by Gasteiger charge is 2.26. The maximum Gasteiger partial charge on any atom is 0.291 e. The molecule has 3 aromatic rings. The number of aromatic nitrogens is 4. The van der Waals surface area contributed by atoms with E-state index in [1.54, 1.807) is 15.9 Å². The minimum atomic E-state index is -0.255. The average molecular weight is 399 g/mol. The lowest BCUT2D eigenvalue weighted by Crippen LogP contribution is -2.41. The van der Waals surface area contributed by atoms with Crippen LogP contribution in [0.4, 0.5) is 0 Å². The van der Waals surface area contributed by atoms with Gasteiger partial charge in [0.2, 0.25) is 5.82 Å². The van der Waals surface area contributed by atoms with Crippen molar-refractivity contribution in [2.75, 3.05) is 19.6 Å². The summed E-state index contributed by atoms with van der Waals surface area (Å²) in [5, 5.41) is 9.48. The number of fused-ring (bicyclic) bond motifs is 1. The normalized spacial score (nSPS) is 17.1. The molecule has 1 aliphatic heterocycles. The zero-order valence-corrected chi connectivity index (χ0v) is 17.4. The zero-order chi connectivity index (χ0) is 19.7. The molecule has 4 rings (SSSR count). The van der Waals surface area contributed by atoms with Crippen LogP contribution in [0.15, 0.2) is 23.6 Å².